The zero-order valence-electron chi connectivity index (χ0n) is 11.6. The largest absolute Gasteiger partial charge is 0.338 e. The average Bonchev–Trinajstić information content (AvgIpc) is 3.00. The molecule has 5 nitrogen and oxygen atoms in total. The van der Waals surface area contributed by atoms with Gasteiger partial charge in [-0.05, 0) is 22.0 Å². The van der Waals surface area contributed by atoms with Crippen molar-refractivity contribution in [3.05, 3.63) is 40.8 Å². The van der Waals surface area contributed by atoms with Crippen molar-refractivity contribution >= 4 is 38.7 Å². The zero-order chi connectivity index (χ0) is 14.8. The minimum atomic E-state index is 0.549. The SMILES string of the molecule is Cn1ccnc1CCn1c(CCCl)nc2cc(Br)cnc21. The number of hydrogen-bond acceptors (Lipinski definition) is 3. The maximum atomic E-state index is 5.89. The Hall–Kier alpha value is -1.40. The molecule has 0 unspecified atom stereocenters. The summed E-state index contributed by atoms with van der Waals surface area (Å²) in [5, 5.41) is 0. The molecular formula is C14H15BrClN5. The van der Waals surface area contributed by atoms with E-state index in [0.717, 1.165) is 46.7 Å². The molecule has 0 N–H and O–H groups in total. The number of rotatable bonds is 5. The number of aryl methyl sites for hydroxylation is 4. The lowest BCUT2D eigenvalue weighted by Gasteiger charge is -2.08. The van der Waals surface area contributed by atoms with Gasteiger partial charge in [-0.25, -0.2) is 15.0 Å². The van der Waals surface area contributed by atoms with E-state index in [0.29, 0.717) is 5.88 Å². The Labute approximate surface area is 136 Å². The van der Waals surface area contributed by atoms with E-state index >= 15 is 0 Å². The normalized spacial score (nSPS) is 11.4. The van der Waals surface area contributed by atoms with Gasteiger partial charge in [0.2, 0.25) is 0 Å². The standard InChI is InChI=1S/C14H15BrClN5/c1-20-7-5-17-12(20)3-6-21-13(2-4-16)19-11-8-10(15)9-18-14(11)21/h5,7-9H,2-4,6H2,1H3. The van der Waals surface area contributed by atoms with Crippen LogP contribution in [0.4, 0.5) is 0 Å². The molecule has 0 radical (unpaired) electrons. The monoisotopic (exact) mass is 367 g/mol. The Balaban J connectivity index is 1.95. The Morgan fingerprint density at radius 3 is 2.81 bits per heavy atom. The molecule has 3 rings (SSSR count). The van der Waals surface area contributed by atoms with Gasteiger partial charge in [0.1, 0.15) is 17.2 Å². The van der Waals surface area contributed by atoms with Crippen molar-refractivity contribution in [2.45, 2.75) is 19.4 Å². The number of fused-ring (bicyclic) bond motifs is 1. The first-order valence-electron chi connectivity index (χ1n) is 6.72. The Morgan fingerprint density at radius 2 is 2.10 bits per heavy atom. The van der Waals surface area contributed by atoms with Crippen LogP contribution in [-0.2, 0) is 26.4 Å². The molecule has 0 spiro atoms. The Kier molecular flexibility index (Phi) is 4.26. The van der Waals surface area contributed by atoms with Crippen LogP contribution in [-0.4, -0.2) is 30.0 Å². The molecule has 0 amide bonds. The first-order chi connectivity index (χ1) is 10.2. The fourth-order valence-electron chi connectivity index (χ4n) is 2.39. The second-order valence-corrected chi connectivity index (χ2v) is 6.11. The van der Waals surface area contributed by atoms with Gasteiger partial charge in [-0.3, -0.25) is 0 Å². The average molecular weight is 369 g/mol. The number of alkyl halides is 1. The summed E-state index contributed by atoms with van der Waals surface area (Å²) in [5.41, 5.74) is 1.79. The summed E-state index contributed by atoms with van der Waals surface area (Å²) in [6, 6.07) is 1.98. The number of halogens is 2. The van der Waals surface area contributed by atoms with Gasteiger partial charge in [0, 0.05) is 55.4 Å². The molecule has 0 saturated carbocycles. The molecule has 0 atom stereocenters. The lowest BCUT2D eigenvalue weighted by atomic mass is 10.3. The van der Waals surface area contributed by atoms with E-state index in [1.165, 1.54) is 0 Å². The minimum absolute atomic E-state index is 0.549. The maximum Gasteiger partial charge on any atom is 0.160 e. The van der Waals surface area contributed by atoms with E-state index in [1.807, 2.05) is 30.1 Å². The molecule has 0 fully saturated rings. The van der Waals surface area contributed by atoms with E-state index in [-0.39, 0.29) is 0 Å². The molecule has 7 heteroatoms. The van der Waals surface area contributed by atoms with Gasteiger partial charge in [0.25, 0.3) is 0 Å². The second-order valence-electron chi connectivity index (χ2n) is 4.82. The first-order valence-corrected chi connectivity index (χ1v) is 8.04. The van der Waals surface area contributed by atoms with Gasteiger partial charge in [-0.15, -0.1) is 11.6 Å². The van der Waals surface area contributed by atoms with Crippen LogP contribution in [0, 0.1) is 0 Å². The highest BCUT2D eigenvalue weighted by atomic mass is 79.9. The van der Waals surface area contributed by atoms with Crippen molar-refractivity contribution in [3.8, 4) is 0 Å². The fraction of sp³-hybridized carbons (Fsp3) is 0.357. The maximum absolute atomic E-state index is 5.89. The van der Waals surface area contributed by atoms with Gasteiger partial charge in [0.05, 0.1) is 0 Å². The molecule has 110 valence electrons. The third-order valence-corrected chi connectivity index (χ3v) is 4.05. The van der Waals surface area contributed by atoms with Crippen LogP contribution in [0.2, 0.25) is 0 Å². The van der Waals surface area contributed by atoms with E-state index in [2.05, 4.69) is 35.4 Å². The van der Waals surface area contributed by atoms with Gasteiger partial charge in [-0.2, -0.15) is 0 Å². The molecule has 0 bridgehead atoms. The van der Waals surface area contributed by atoms with E-state index < -0.39 is 0 Å². The lowest BCUT2D eigenvalue weighted by molar-refractivity contribution is 0.634. The number of hydrogen-bond donors (Lipinski definition) is 0. The van der Waals surface area contributed by atoms with Crippen LogP contribution in [0.15, 0.2) is 29.1 Å². The highest BCUT2D eigenvalue weighted by molar-refractivity contribution is 9.10. The lowest BCUT2D eigenvalue weighted by Crippen LogP contribution is -2.10. The molecule has 0 saturated heterocycles. The summed E-state index contributed by atoms with van der Waals surface area (Å²) in [6.45, 7) is 0.794. The van der Waals surface area contributed by atoms with Crippen molar-refractivity contribution in [1.82, 2.24) is 24.1 Å². The predicted molar refractivity (Wildman–Crippen MR) is 86.6 cm³/mol. The number of nitrogens with zero attached hydrogens (tertiary/aromatic N) is 5. The number of imidazole rings is 2. The van der Waals surface area contributed by atoms with Gasteiger partial charge < -0.3 is 9.13 Å². The third-order valence-electron chi connectivity index (χ3n) is 3.43. The molecule has 3 aromatic heterocycles. The van der Waals surface area contributed by atoms with Crippen molar-refractivity contribution in [3.63, 3.8) is 0 Å². The van der Waals surface area contributed by atoms with Crippen LogP contribution < -0.4 is 0 Å². The molecule has 0 aliphatic rings. The van der Waals surface area contributed by atoms with Crippen molar-refractivity contribution in [2.24, 2.45) is 7.05 Å². The molecule has 0 aliphatic carbocycles. The molecule has 21 heavy (non-hydrogen) atoms. The summed E-state index contributed by atoms with van der Waals surface area (Å²) >= 11 is 9.33. The highest BCUT2D eigenvalue weighted by Gasteiger charge is 2.12. The smallest absolute Gasteiger partial charge is 0.160 e. The summed E-state index contributed by atoms with van der Waals surface area (Å²) in [5.74, 6) is 2.57. The van der Waals surface area contributed by atoms with E-state index in [9.17, 15) is 0 Å². The van der Waals surface area contributed by atoms with Gasteiger partial charge in [-0.1, -0.05) is 0 Å². The molecule has 0 aromatic carbocycles. The topological polar surface area (TPSA) is 48.5 Å². The Morgan fingerprint density at radius 1 is 1.24 bits per heavy atom. The Bertz CT molecular complexity index is 764. The first kappa shape index (κ1) is 14.5. The highest BCUT2D eigenvalue weighted by Crippen LogP contribution is 2.19. The molecular weight excluding hydrogens is 354 g/mol. The van der Waals surface area contributed by atoms with Crippen molar-refractivity contribution < 1.29 is 0 Å². The van der Waals surface area contributed by atoms with Crippen molar-refractivity contribution in [2.75, 3.05) is 5.88 Å². The van der Waals surface area contributed by atoms with E-state index in [4.69, 9.17) is 11.6 Å². The van der Waals surface area contributed by atoms with Gasteiger partial charge in [0.15, 0.2) is 5.65 Å². The van der Waals surface area contributed by atoms with Crippen LogP contribution in [0.1, 0.15) is 11.6 Å². The summed E-state index contributed by atoms with van der Waals surface area (Å²) in [7, 11) is 2.00. The van der Waals surface area contributed by atoms with Crippen molar-refractivity contribution in [1.29, 1.82) is 0 Å². The van der Waals surface area contributed by atoms with Crippen LogP contribution in [0.3, 0.4) is 0 Å². The van der Waals surface area contributed by atoms with E-state index in [1.54, 1.807) is 6.20 Å². The molecule has 0 aliphatic heterocycles. The van der Waals surface area contributed by atoms with Crippen LogP contribution >= 0.6 is 27.5 Å². The molecule has 3 aromatic rings. The van der Waals surface area contributed by atoms with Gasteiger partial charge >= 0.3 is 0 Å². The minimum Gasteiger partial charge on any atom is -0.338 e. The predicted octanol–water partition coefficient (Wildman–Crippen LogP) is 2.95. The quantitative estimate of drug-likeness (QED) is 0.651. The summed E-state index contributed by atoms with van der Waals surface area (Å²) in [4.78, 5) is 13.5. The zero-order valence-corrected chi connectivity index (χ0v) is 14.0. The third kappa shape index (κ3) is 2.96. The van der Waals surface area contributed by atoms with Crippen LogP contribution in [0.25, 0.3) is 11.2 Å². The molecule has 3 heterocycles. The second kappa shape index (κ2) is 6.15. The van der Waals surface area contributed by atoms with Crippen LogP contribution in [0.5, 0.6) is 0 Å². The fourth-order valence-corrected chi connectivity index (χ4v) is 2.88. The summed E-state index contributed by atoms with van der Waals surface area (Å²) in [6.07, 6.45) is 7.14. The number of aromatic nitrogens is 5. The number of pyridine rings is 1. The summed E-state index contributed by atoms with van der Waals surface area (Å²) < 4.78 is 5.10.